The van der Waals surface area contributed by atoms with E-state index in [9.17, 15) is 4.79 Å². The highest BCUT2D eigenvalue weighted by molar-refractivity contribution is 6.42. The topological polar surface area (TPSA) is 46.5 Å². The lowest BCUT2D eigenvalue weighted by Gasteiger charge is -2.10. The van der Waals surface area contributed by atoms with Gasteiger partial charge in [-0.3, -0.25) is 0 Å². The van der Waals surface area contributed by atoms with E-state index in [4.69, 9.17) is 33.0 Å². The number of carbonyl (C=O) groups is 1. The largest absolute Gasteiger partial charge is 0.497 e. The first-order valence-corrected chi connectivity index (χ1v) is 6.81. The summed E-state index contributed by atoms with van der Waals surface area (Å²) in [6.45, 7) is 0. The van der Waals surface area contributed by atoms with Gasteiger partial charge >= 0.3 is 5.97 Å². The summed E-state index contributed by atoms with van der Waals surface area (Å²) in [5.74, 6) is -0.338. The van der Waals surface area contributed by atoms with Crippen molar-refractivity contribution in [3.05, 3.63) is 69.7 Å². The van der Waals surface area contributed by atoms with Crippen LogP contribution in [0.3, 0.4) is 0 Å². The number of methoxy groups -OCH3 is 1. The lowest BCUT2D eigenvalue weighted by molar-refractivity contribution is -0.131. The molecule has 108 valence electrons. The molecule has 0 aliphatic carbocycles. The molecule has 2 aromatic rings. The zero-order valence-electron chi connectivity index (χ0n) is 11.1. The van der Waals surface area contributed by atoms with Gasteiger partial charge in [0.2, 0.25) is 0 Å². The van der Waals surface area contributed by atoms with Crippen molar-refractivity contribution in [2.75, 3.05) is 7.11 Å². The minimum Gasteiger partial charge on any atom is -0.497 e. The number of hydrogen-bond acceptors (Lipinski definition) is 2. The van der Waals surface area contributed by atoms with Crippen LogP contribution in [0.15, 0.2) is 48.5 Å². The molecule has 0 radical (unpaired) electrons. The molecular formula is C16H12Cl2O3. The Balaban J connectivity index is 2.52. The summed E-state index contributed by atoms with van der Waals surface area (Å²) in [6, 6.07) is 12.1. The van der Waals surface area contributed by atoms with Crippen molar-refractivity contribution < 1.29 is 14.6 Å². The predicted octanol–water partition coefficient (Wildman–Crippen LogP) is 4.52. The smallest absolute Gasteiger partial charge is 0.328 e. The average Bonchev–Trinajstić information content (AvgIpc) is 2.48. The van der Waals surface area contributed by atoms with Crippen molar-refractivity contribution in [3.8, 4) is 5.75 Å². The van der Waals surface area contributed by atoms with E-state index in [-0.39, 0.29) is 0 Å². The van der Waals surface area contributed by atoms with Crippen LogP contribution in [0.1, 0.15) is 11.1 Å². The van der Waals surface area contributed by atoms with Crippen LogP contribution in [0, 0.1) is 0 Å². The van der Waals surface area contributed by atoms with Crippen LogP contribution in [0.5, 0.6) is 5.75 Å². The van der Waals surface area contributed by atoms with Crippen molar-refractivity contribution >= 4 is 34.7 Å². The van der Waals surface area contributed by atoms with E-state index in [1.807, 2.05) is 0 Å². The van der Waals surface area contributed by atoms with Crippen molar-refractivity contribution in [3.63, 3.8) is 0 Å². The van der Waals surface area contributed by atoms with Crippen LogP contribution in [-0.4, -0.2) is 18.2 Å². The van der Waals surface area contributed by atoms with Gasteiger partial charge in [0.1, 0.15) is 5.75 Å². The fourth-order valence-corrected chi connectivity index (χ4v) is 2.19. The summed E-state index contributed by atoms with van der Waals surface area (Å²) in [5, 5.41) is 9.87. The first-order chi connectivity index (χ1) is 10.0. The summed E-state index contributed by atoms with van der Waals surface area (Å²) in [5.41, 5.74) is 1.97. The zero-order chi connectivity index (χ0) is 15.4. The van der Waals surface area contributed by atoms with E-state index < -0.39 is 5.97 Å². The molecule has 0 spiro atoms. The van der Waals surface area contributed by atoms with Crippen LogP contribution < -0.4 is 4.74 Å². The molecule has 2 aromatic carbocycles. The van der Waals surface area contributed by atoms with E-state index >= 15 is 0 Å². The quantitative estimate of drug-likeness (QED) is 0.842. The van der Waals surface area contributed by atoms with Crippen molar-refractivity contribution in [2.45, 2.75) is 0 Å². The van der Waals surface area contributed by atoms with Gasteiger partial charge in [-0.25, -0.2) is 4.79 Å². The highest BCUT2D eigenvalue weighted by Crippen LogP contribution is 2.30. The van der Waals surface area contributed by atoms with Gasteiger partial charge in [-0.1, -0.05) is 41.4 Å². The number of rotatable bonds is 4. The highest BCUT2D eigenvalue weighted by atomic mass is 35.5. The van der Waals surface area contributed by atoms with Gasteiger partial charge in [0, 0.05) is 6.08 Å². The third-order valence-corrected chi connectivity index (χ3v) is 3.64. The molecule has 0 saturated heterocycles. The molecule has 0 saturated carbocycles. The Morgan fingerprint density at radius 1 is 1.05 bits per heavy atom. The molecule has 21 heavy (non-hydrogen) atoms. The van der Waals surface area contributed by atoms with Gasteiger partial charge < -0.3 is 9.84 Å². The minimum atomic E-state index is -1.04. The molecule has 0 heterocycles. The molecule has 0 unspecified atom stereocenters. The molecule has 0 aliphatic heterocycles. The number of hydrogen-bond donors (Lipinski definition) is 1. The minimum absolute atomic E-state index is 0.374. The fraction of sp³-hybridized carbons (Fsp3) is 0.0625. The third-order valence-electron chi connectivity index (χ3n) is 2.90. The SMILES string of the molecule is COc1ccc(/C(=C/C(=O)O)c2ccc(Cl)c(Cl)c2)cc1. The standard InChI is InChI=1S/C16H12Cl2O3/c1-21-12-5-2-10(3-6-12)13(9-16(19)20)11-4-7-14(17)15(18)8-11/h2-9H,1H3,(H,19,20)/b13-9-. The van der Waals surface area contributed by atoms with Crippen LogP contribution in [0.25, 0.3) is 5.57 Å². The van der Waals surface area contributed by atoms with E-state index in [0.717, 1.165) is 11.6 Å². The van der Waals surface area contributed by atoms with Crippen LogP contribution in [-0.2, 0) is 4.79 Å². The Kier molecular flexibility index (Phi) is 4.89. The maximum Gasteiger partial charge on any atom is 0.328 e. The number of aliphatic carboxylic acids is 1. The summed E-state index contributed by atoms with van der Waals surface area (Å²) in [6.07, 6.45) is 1.14. The Hall–Kier alpha value is -1.97. The summed E-state index contributed by atoms with van der Waals surface area (Å²) >= 11 is 11.9. The second-order valence-electron chi connectivity index (χ2n) is 4.25. The third kappa shape index (κ3) is 3.78. The fourth-order valence-electron chi connectivity index (χ4n) is 1.89. The predicted molar refractivity (Wildman–Crippen MR) is 84.2 cm³/mol. The van der Waals surface area contributed by atoms with E-state index in [2.05, 4.69) is 0 Å². The molecule has 0 fully saturated rings. The van der Waals surface area contributed by atoms with Crippen molar-refractivity contribution in [1.29, 1.82) is 0 Å². The van der Waals surface area contributed by atoms with E-state index in [1.54, 1.807) is 49.6 Å². The van der Waals surface area contributed by atoms with Gasteiger partial charge in [-0.2, -0.15) is 0 Å². The normalized spacial score (nSPS) is 11.3. The maximum atomic E-state index is 11.1. The number of halogens is 2. The molecule has 0 bridgehead atoms. The van der Waals surface area contributed by atoms with Gasteiger partial charge in [0.25, 0.3) is 0 Å². The second-order valence-corrected chi connectivity index (χ2v) is 5.07. The van der Waals surface area contributed by atoms with Gasteiger partial charge in [0.15, 0.2) is 0 Å². The monoisotopic (exact) mass is 322 g/mol. The molecular weight excluding hydrogens is 311 g/mol. The van der Waals surface area contributed by atoms with Gasteiger partial charge in [-0.05, 0) is 41.0 Å². The molecule has 1 N–H and O–H groups in total. The maximum absolute atomic E-state index is 11.1. The molecule has 2 rings (SSSR count). The molecule has 0 amide bonds. The van der Waals surface area contributed by atoms with Crippen LogP contribution >= 0.6 is 23.2 Å². The van der Waals surface area contributed by atoms with E-state index in [0.29, 0.717) is 26.9 Å². The molecule has 5 heteroatoms. The van der Waals surface area contributed by atoms with Gasteiger partial charge in [-0.15, -0.1) is 0 Å². The summed E-state index contributed by atoms with van der Waals surface area (Å²) in [7, 11) is 1.57. The number of benzene rings is 2. The Labute approximate surface area is 132 Å². The number of ether oxygens (including phenoxy) is 1. The first-order valence-electron chi connectivity index (χ1n) is 6.05. The second kappa shape index (κ2) is 6.66. The Morgan fingerprint density at radius 3 is 2.19 bits per heavy atom. The number of carboxylic acids is 1. The Bertz CT molecular complexity index is 691. The molecule has 0 aromatic heterocycles. The molecule has 0 aliphatic rings. The van der Waals surface area contributed by atoms with Gasteiger partial charge in [0.05, 0.1) is 17.2 Å². The van der Waals surface area contributed by atoms with Crippen LogP contribution in [0.4, 0.5) is 0 Å². The summed E-state index contributed by atoms with van der Waals surface area (Å²) in [4.78, 5) is 11.1. The Morgan fingerprint density at radius 2 is 1.67 bits per heavy atom. The lowest BCUT2D eigenvalue weighted by Crippen LogP contribution is -1.95. The number of carboxylic acid groups (broad SMARTS) is 1. The molecule has 0 atom stereocenters. The summed E-state index contributed by atoms with van der Waals surface area (Å²) < 4.78 is 5.10. The lowest BCUT2D eigenvalue weighted by atomic mass is 9.97. The molecule has 3 nitrogen and oxygen atoms in total. The van der Waals surface area contributed by atoms with E-state index in [1.165, 1.54) is 0 Å². The van der Waals surface area contributed by atoms with Crippen molar-refractivity contribution in [1.82, 2.24) is 0 Å². The first kappa shape index (κ1) is 15.4. The van der Waals surface area contributed by atoms with Crippen molar-refractivity contribution in [2.24, 2.45) is 0 Å². The average molecular weight is 323 g/mol. The zero-order valence-corrected chi connectivity index (χ0v) is 12.7. The highest BCUT2D eigenvalue weighted by Gasteiger charge is 2.10. The van der Waals surface area contributed by atoms with Crippen LogP contribution in [0.2, 0.25) is 10.0 Å².